The van der Waals surface area contributed by atoms with Gasteiger partial charge in [0.05, 0.1) is 25.0 Å². The van der Waals surface area contributed by atoms with Crippen molar-refractivity contribution in [3.8, 4) is 0 Å². The van der Waals surface area contributed by atoms with Crippen LogP contribution in [0.2, 0.25) is 0 Å². The van der Waals surface area contributed by atoms with Gasteiger partial charge in [0, 0.05) is 38.9 Å². The molecule has 14 nitrogen and oxygen atoms in total. The summed E-state index contributed by atoms with van der Waals surface area (Å²) in [4.78, 5) is 27.3. The van der Waals surface area contributed by atoms with E-state index in [1.165, 1.54) is 12.1 Å². The number of aliphatic hydroxyl groups excluding tert-OH is 2. The molecule has 0 fully saturated rings. The second-order valence-corrected chi connectivity index (χ2v) is 8.62. The third kappa shape index (κ3) is 9.17. The van der Waals surface area contributed by atoms with Crippen LogP contribution in [0.25, 0.3) is 0 Å². The van der Waals surface area contributed by atoms with Crippen molar-refractivity contribution in [1.29, 1.82) is 0 Å². The van der Waals surface area contributed by atoms with Gasteiger partial charge in [0.2, 0.25) is 27.9 Å². The summed E-state index contributed by atoms with van der Waals surface area (Å²) >= 11 is 0. The molecule has 34 heavy (non-hydrogen) atoms. The van der Waals surface area contributed by atoms with Crippen LogP contribution in [0.3, 0.4) is 0 Å². The second kappa shape index (κ2) is 13.4. The summed E-state index contributed by atoms with van der Waals surface area (Å²) in [7, 11) is -1.67. The van der Waals surface area contributed by atoms with Crippen LogP contribution in [0.15, 0.2) is 24.3 Å². The fourth-order valence-corrected chi connectivity index (χ4v) is 3.06. The average Bonchev–Trinajstić information content (AvgIpc) is 2.72. The Balaban J connectivity index is 0.00000544. The predicted octanol–water partition coefficient (Wildman–Crippen LogP) is -1.73. The molecule has 2 rings (SSSR count). The molecule has 186 valence electrons. The molecule has 1 aromatic carbocycles. The molecule has 0 amide bonds. The van der Waals surface area contributed by atoms with Crippen molar-refractivity contribution < 1.29 is 34.0 Å². The molecule has 0 unspecified atom stereocenters. The fraction of sp³-hybridized carbons (Fsp3) is 0.444. The molecule has 0 aliphatic heterocycles. The fourth-order valence-electron chi connectivity index (χ4n) is 2.60. The molecule has 0 aliphatic carbocycles. The normalized spacial score (nSPS) is 10.6. The molecule has 1 heterocycles. The van der Waals surface area contributed by atoms with Crippen LogP contribution < -0.4 is 19.8 Å². The Kier molecular flexibility index (Phi) is 11.8. The zero-order chi connectivity index (χ0) is 23.7. The summed E-state index contributed by atoms with van der Waals surface area (Å²) in [6.07, 6.45) is 1.06. The molecule has 0 aliphatic rings. The topological polar surface area (TPSA) is 213 Å². The second-order valence-electron chi connectivity index (χ2n) is 6.79. The number of aromatic carboxylic acids is 1. The smallest absolute Gasteiger partial charge is 0.335 e. The molecule has 0 atom stereocenters. The zero-order valence-electron chi connectivity index (χ0n) is 19.0. The largest absolute Gasteiger partial charge is 0.478 e. The van der Waals surface area contributed by atoms with Crippen molar-refractivity contribution in [3.63, 3.8) is 0 Å². The number of benzene rings is 1. The monoisotopic (exact) mass is 765 g/mol. The first-order chi connectivity index (χ1) is 15.1. The first-order valence-corrected chi connectivity index (χ1v) is 11.5. The van der Waals surface area contributed by atoms with Crippen LogP contribution in [-0.2, 0) is 10.0 Å². The Morgan fingerprint density at radius 3 is 2.06 bits per heavy atom. The Bertz CT molecular complexity index is 1010. The van der Waals surface area contributed by atoms with Gasteiger partial charge < -0.3 is 35.9 Å². The van der Waals surface area contributed by atoms with E-state index < -0.39 is 16.0 Å². The number of hydrogen-bond donors (Lipinski definition) is 5. The third-order valence-electron chi connectivity index (χ3n) is 4.18. The molecule has 16 heteroatoms. The maximum absolute atomic E-state index is 11.3. The van der Waals surface area contributed by atoms with Gasteiger partial charge in [-0.05, 0) is 24.3 Å². The van der Waals surface area contributed by atoms with E-state index in [2.05, 4.69) is 25.0 Å². The zero-order valence-corrected chi connectivity index (χ0v) is 26.4. The van der Waals surface area contributed by atoms with Gasteiger partial charge in [0.25, 0.3) is 0 Å². The molecule has 0 saturated carbocycles. The van der Waals surface area contributed by atoms with Crippen molar-refractivity contribution in [1.82, 2.24) is 19.7 Å². The van der Waals surface area contributed by atoms with Crippen LogP contribution in [0, 0.1) is 0 Å². The van der Waals surface area contributed by atoms with Crippen molar-refractivity contribution >= 4 is 39.5 Å². The number of hydrogen-bond acceptors (Lipinski definition) is 11. The molecule has 2 aromatic rings. The summed E-state index contributed by atoms with van der Waals surface area (Å²) in [5.41, 5.74) is 0.665. The Morgan fingerprint density at radius 1 is 1.00 bits per heavy atom. The van der Waals surface area contributed by atoms with Crippen LogP contribution in [0.1, 0.15) is 10.4 Å². The van der Waals surface area contributed by atoms with E-state index in [9.17, 15) is 23.4 Å². The van der Waals surface area contributed by atoms with Crippen LogP contribution >= 0.6 is 0 Å². The minimum absolute atomic E-state index is 0. The van der Waals surface area contributed by atoms with E-state index in [4.69, 9.17) is 5.11 Å². The van der Waals surface area contributed by atoms with Crippen molar-refractivity contribution in [2.45, 2.75) is 0 Å². The van der Waals surface area contributed by atoms with E-state index in [1.807, 2.05) is 0 Å². The standard InChI is InChI=1S/C18H27N7O6S.Mt.H2O/c1-24(8-7-19-32(2,30)31)17-21-16(20-14-5-3-13(4-6-14)15(28)29)22-18(23-17)25(9-11-26)10-12-27;;/h3-6,19,26-27H,7-12H2,1-2H3,(H,28,29)(H,20,21,22,23);;1H2. The van der Waals surface area contributed by atoms with E-state index in [0.29, 0.717) is 5.69 Å². The Hall–Kier alpha value is -4.11. The van der Waals surface area contributed by atoms with E-state index in [0.717, 1.165) is 6.26 Å². The maximum Gasteiger partial charge on any atom is 0.335 e. The number of anilines is 4. The average molecular weight is 766 g/mol. The van der Waals surface area contributed by atoms with Crippen molar-refractivity contribution in [3.05, 3.63) is 29.8 Å². The molecule has 0 spiro atoms. The molecule has 0 saturated heterocycles. The van der Waals surface area contributed by atoms with Gasteiger partial charge in [-0.15, -0.1) is 0 Å². The van der Waals surface area contributed by atoms with Gasteiger partial charge in [-0.2, -0.15) is 15.0 Å². The van der Waals surface area contributed by atoms with Gasteiger partial charge in [-0.3, -0.25) is 0 Å². The number of rotatable bonds is 13. The number of carboxylic acids is 1. The number of carboxylic acid groups (broad SMARTS) is 1. The Labute approximate surface area is 191 Å². The van der Waals surface area contributed by atoms with E-state index in [1.54, 1.807) is 29.0 Å². The van der Waals surface area contributed by atoms with Crippen LogP contribution in [0.4, 0.5) is 23.5 Å². The van der Waals surface area contributed by atoms with Gasteiger partial charge >= 0.3 is 5.97 Å². The van der Waals surface area contributed by atoms with Gasteiger partial charge in [0.15, 0.2) is 0 Å². The van der Waals surface area contributed by atoms with Crippen molar-refractivity contribution in [2.75, 3.05) is 67.8 Å². The summed E-state index contributed by atoms with van der Waals surface area (Å²) in [6.45, 7) is 0.380. The third-order valence-corrected chi connectivity index (χ3v) is 4.90. The SMILES string of the molecule is CN(CCNS(C)(=O)=O)c1nc(Nc2ccc(C(=O)O)cc2)nc(N(CCO)CCO)n1.O.[Mt]. The molecule has 0 bridgehead atoms. The quantitative estimate of drug-likeness (QED) is 0.154. The van der Waals surface area contributed by atoms with Gasteiger partial charge in [-0.1, -0.05) is 0 Å². The number of nitrogens with zero attached hydrogens (tertiary/aromatic N) is 5. The van der Waals surface area contributed by atoms with Gasteiger partial charge in [-0.25, -0.2) is 17.9 Å². The minimum Gasteiger partial charge on any atom is -0.478 e. The summed E-state index contributed by atoms with van der Waals surface area (Å²) < 4.78 is 25.0. The molecular formula is C18H29MtN7O7S. The first-order valence-electron chi connectivity index (χ1n) is 9.62. The molecule has 0 radical (unpaired) electrons. The number of aromatic nitrogens is 3. The molecular weight excluding hydrogens is 736 g/mol. The summed E-state index contributed by atoms with van der Waals surface area (Å²) in [5, 5.41) is 30.7. The van der Waals surface area contributed by atoms with Crippen molar-refractivity contribution in [2.24, 2.45) is 0 Å². The number of sulfonamides is 1. The molecule has 1 aromatic heterocycles. The summed E-state index contributed by atoms with van der Waals surface area (Å²) in [6, 6.07) is 5.98. The van der Waals surface area contributed by atoms with Crippen LogP contribution in [0.5, 0.6) is 0 Å². The number of carbonyl (C=O) groups is 1. The van der Waals surface area contributed by atoms with E-state index >= 15 is 0 Å². The minimum atomic E-state index is -3.34. The summed E-state index contributed by atoms with van der Waals surface area (Å²) in [5.74, 6) is -0.465. The number of aliphatic hydroxyl groups is 2. The first kappa shape index (κ1) is 29.9. The van der Waals surface area contributed by atoms with E-state index in [-0.39, 0.29) is 68.3 Å². The van der Waals surface area contributed by atoms with Gasteiger partial charge in [0.1, 0.15) is 0 Å². The number of nitrogens with one attached hydrogen (secondary N) is 2. The predicted molar refractivity (Wildman–Crippen MR) is 123 cm³/mol. The molecule has 7 N–H and O–H groups in total. The maximum atomic E-state index is 11.3. The van der Waals surface area contributed by atoms with Crippen LogP contribution in [-0.4, -0.2) is 103 Å². The number of likely N-dealkylation sites (N-methyl/N-ethyl adjacent to an activating group) is 1. The Morgan fingerprint density at radius 2 is 1.56 bits per heavy atom.